The van der Waals surface area contributed by atoms with E-state index >= 15 is 0 Å². The van der Waals surface area contributed by atoms with Gasteiger partial charge >= 0.3 is 5.97 Å². The molecule has 7 heteroatoms. The lowest BCUT2D eigenvalue weighted by molar-refractivity contribution is 0.0529. The number of anilines is 2. The van der Waals surface area contributed by atoms with Crippen LogP contribution in [0.3, 0.4) is 0 Å². The molecule has 2 unspecified atom stereocenters. The second-order valence-electron chi connectivity index (χ2n) is 4.81. The maximum absolute atomic E-state index is 12.0. The molecule has 4 N–H and O–H groups in total. The molecule has 2 rings (SSSR count). The number of carbonyl (C=O) groups excluding carboxylic acids is 2. The molecule has 1 aromatic heterocycles. The second-order valence-corrected chi connectivity index (χ2v) is 5.83. The Labute approximate surface area is 121 Å². The third-order valence-corrected chi connectivity index (χ3v) is 4.42. The Hall–Kier alpha value is -1.76. The van der Waals surface area contributed by atoms with Crippen molar-refractivity contribution < 1.29 is 14.3 Å². The molecule has 0 bridgehead atoms. The van der Waals surface area contributed by atoms with Gasteiger partial charge in [0.05, 0.1) is 12.3 Å². The molecule has 1 saturated carbocycles. The zero-order valence-electron chi connectivity index (χ0n) is 11.8. The Morgan fingerprint density at radius 1 is 1.50 bits per heavy atom. The zero-order chi connectivity index (χ0) is 14.9. The van der Waals surface area contributed by atoms with Crippen molar-refractivity contribution in [1.29, 1.82) is 0 Å². The highest BCUT2D eigenvalue weighted by molar-refractivity contribution is 7.19. The van der Waals surface area contributed by atoms with Crippen LogP contribution in [0.4, 0.5) is 10.7 Å². The average molecular weight is 297 g/mol. The summed E-state index contributed by atoms with van der Waals surface area (Å²) >= 11 is 1.19. The lowest BCUT2D eigenvalue weighted by atomic mass is 10.2. The molecule has 0 spiro atoms. The summed E-state index contributed by atoms with van der Waals surface area (Å²) in [5.74, 6) is -0.223. The number of esters is 1. The van der Waals surface area contributed by atoms with Crippen molar-refractivity contribution in [1.82, 2.24) is 5.32 Å². The van der Waals surface area contributed by atoms with Crippen LogP contribution >= 0.6 is 11.3 Å². The maximum Gasteiger partial charge on any atom is 0.343 e. The third kappa shape index (κ3) is 2.72. The molecule has 0 aromatic carbocycles. The fraction of sp³-hybridized carbons (Fsp3) is 0.538. The Morgan fingerprint density at radius 2 is 2.15 bits per heavy atom. The summed E-state index contributed by atoms with van der Waals surface area (Å²) in [6.07, 6.45) is 1.05. The van der Waals surface area contributed by atoms with Crippen molar-refractivity contribution in [3.8, 4) is 0 Å². The third-order valence-electron chi connectivity index (χ3n) is 3.28. The van der Waals surface area contributed by atoms with Gasteiger partial charge in [-0.05, 0) is 19.3 Å². The number of hydrogen-bond donors (Lipinski definition) is 3. The monoisotopic (exact) mass is 297 g/mol. The first-order valence-electron chi connectivity index (χ1n) is 6.57. The first kappa shape index (κ1) is 14.6. The summed E-state index contributed by atoms with van der Waals surface area (Å²) < 4.78 is 5.02. The molecule has 0 saturated heterocycles. The Morgan fingerprint density at radius 3 is 2.65 bits per heavy atom. The van der Waals surface area contributed by atoms with Gasteiger partial charge in [-0.2, -0.15) is 0 Å². The Kier molecular flexibility index (Phi) is 4.17. The minimum Gasteiger partial charge on any atom is -0.462 e. The van der Waals surface area contributed by atoms with Gasteiger partial charge in [0.1, 0.15) is 15.4 Å². The van der Waals surface area contributed by atoms with E-state index < -0.39 is 5.97 Å². The first-order valence-corrected chi connectivity index (χ1v) is 7.39. The molecule has 0 aliphatic heterocycles. The molecule has 0 radical (unpaired) electrons. The van der Waals surface area contributed by atoms with Crippen molar-refractivity contribution in [3.63, 3.8) is 0 Å². The van der Waals surface area contributed by atoms with Crippen molar-refractivity contribution in [3.05, 3.63) is 10.4 Å². The first-order chi connectivity index (χ1) is 9.49. The predicted octanol–water partition coefficient (Wildman–Crippen LogP) is 1.69. The van der Waals surface area contributed by atoms with Gasteiger partial charge in [-0.15, -0.1) is 11.3 Å². The van der Waals surface area contributed by atoms with Gasteiger partial charge in [-0.1, -0.05) is 6.92 Å². The number of nitrogens with two attached hydrogens (primary N) is 1. The SMILES string of the molecule is CCOC(=O)c1c(NC2CC2C)sc(C(=O)NC)c1N. The summed E-state index contributed by atoms with van der Waals surface area (Å²) in [5, 5.41) is 6.41. The molecule has 20 heavy (non-hydrogen) atoms. The minimum atomic E-state index is -0.493. The molecule has 2 atom stereocenters. The van der Waals surface area contributed by atoms with Gasteiger partial charge in [0.25, 0.3) is 5.91 Å². The molecule has 1 aromatic rings. The molecule has 1 aliphatic rings. The van der Waals surface area contributed by atoms with E-state index in [-0.39, 0.29) is 23.8 Å². The molecule has 1 heterocycles. The van der Waals surface area contributed by atoms with Crippen molar-refractivity contribution in [2.75, 3.05) is 24.7 Å². The highest BCUT2D eigenvalue weighted by atomic mass is 32.1. The summed E-state index contributed by atoms with van der Waals surface area (Å²) in [6, 6.07) is 0.332. The topological polar surface area (TPSA) is 93.4 Å². The van der Waals surface area contributed by atoms with Gasteiger partial charge in [0.15, 0.2) is 0 Å². The van der Waals surface area contributed by atoms with Crippen LogP contribution in [0.2, 0.25) is 0 Å². The molecule has 6 nitrogen and oxygen atoms in total. The second kappa shape index (κ2) is 5.70. The van der Waals surface area contributed by atoms with Crippen LogP contribution in [0.15, 0.2) is 0 Å². The average Bonchev–Trinajstić information content (AvgIpc) is 2.99. The fourth-order valence-corrected chi connectivity index (χ4v) is 3.04. The van der Waals surface area contributed by atoms with Crippen molar-refractivity contribution >= 4 is 33.9 Å². The lowest BCUT2D eigenvalue weighted by Gasteiger charge is -2.06. The van der Waals surface area contributed by atoms with Gasteiger partial charge in [0, 0.05) is 13.1 Å². The van der Waals surface area contributed by atoms with Gasteiger partial charge in [0.2, 0.25) is 0 Å². The van der Waals surface area contributed by atoms with Crippen molar-refractivity contribution in [2.24, 2.45) is 5.92 Å². The summed E-state index contributed by atoms with van der Waals surface area (Å²) in [4.78, 5) is 24.2. The van der Waals surface area contributed by atoms with Crippen LogP contribution in [-0.2, 0) is 4.74 Å². The highest BCUT2D eigenvalue weighted by Crippen LogP contribution is 2.41. The number of amides is 1. The van der Waals surface area contributed by atoms with Crippen LogP contribution < -0.4 is 16.4 Å². The summed E-state index contributed by atoms with van der Waals surface area (Å²) in [7, 11) is 1.53. The predicted molar refractivity (Wildman–Crippen MR) is 79.3 cm³/mol. The van der Waals surface area contributed by atoms with E-state index in [1.807, 2.05) is 0 Å². The number of nitrogens with one attached hydrogen (secondary N) is 2. The molecule has 1 fully saturated rings. The van der Waals surface area contributed by atoms with E-state index in [1.165, 1.54) is 18.4 Å². The van der Waals surface area contributed by atoms with Gasteiger partial charge in [-0.25, -0.2) is 4.79 Å². The van der Waals surface area contributed by atoms with E-state index in [2.05, 4.69) is 17.6 Å². The van der Waals surface area contributed by atoms with E-state index in [0.29, 0.717) is 21.8 Å². The van der Waals surface area contributed by atoms with E-state index in [9.17, 15) is 9.59 Å². The smallest absolute Gasteiger partial charge is 0.343 e. The molecular weight excluding hydrogens is 278 g/mol. The van der Waals surface area contributed by atoms with E-state index in [4.69, 9.17) is 10.5 Å². The van der Waals surface area contributed by atoms with Gasteiger partial charge < -0.3 is 21.1 Å². The zero-order valence-corrected chi connectivity index (χ0v) is 12.6. The van der Waals surface area contributed by atoms with Crippen LogP contribution in [0, 0.1) is 5.92 Å². The molecule has 1 aliphatic carbocycles. The summed E-state index contributed by atoms with van der Waals surface area (Å²) in [5.41, 5.74) is 6.41. The molecule has 1 amide bonds. The largest absolute Gasteiger partial charge is 0.462 e. The number of thiophene rings is 1. The van der Waals surface area contributed by atoms with Crippen LogP contribution in [-0.4, -0.2) is 31.6 Å². The molecule has 110 valence electrons. The number of carbonyl (C=O) groups is 2. The highest BCUT2D eigenvalue weighted by Gasteiger charge is 2.35. The number of hydrogen-bond acceptors (Lipinski definition) is 6. The quantitative estimate of drug-likeness (QED) is 0.719. The Balaban J connectivity index is 2.36. The summed E-state index contributed by atoms with van der Waals surface area (Å²) in [6.45, 7) is 4.12. The number of nitrogen functional groups attached to an aromatic ring is 1. The van der Waals surface area contributed by atoms with Crippen LogP contribution in [0.5, 0.6) is 0 Å². The van der Waals surface area contributed by atoms with E-state index in [0.717, 1.165) is 6.42 Å². The Bertz CT molecular complexity index is 541. The number of ether oxygens (including phenoxy) is 1. The standard InChI is InChI=1S/C13H19N3O3S/c1-4-19-13(18)8-9(14)10(11(17)15-3)20-12(8)16-7-5-6(7)2/h6-7,16H,4-5,14H2,1-3H3,(H,15,17). The van der Waals surface area contributed by atoms with Crippen LogP contribution in [0.25, 0.3) is 0 Å². The fourth-order valence-electron chi connectivity index (χ4n) is 1.93. The van der Waals surface area contributed by atoms with E-state index in [1.54, 1.807) is 6.92 Å². The normalized spacial score (nSPS) is 20.4. The van der Waals surface area contributed by atoms with Crippen molar-refractivity contribution in [2.45, 2.75) is 26.3 Å². The van der Waals surface area contributed by atoms with Crippen LogP contribution in [0.1, 0.15) is 40.3 Å². The molecular formula is C13H19N3O3S. The number of rotatable bonds is 5. The maximum atomic E-state index is 12.0. The van der Waals surface area contributed by atoms with Gasteiger partial charge in [-0.3, -0.25) is 4.79 Å². The minimum absolute atomic E-state index is 0.184. The lowest BCUT2D eigenvalue weighted by Crippen LogP contribution is -2.18.